The zero-order valence-corrected chi connectivity index (χ0v) is 13.1. The van der Waals surface area contributed by atoms with Gasteiger partial charge in [-0.2, -0.15) is 0 Å². The Morgan fingerprint density at radius 2 is 1.90 bits per heavy atom. The second-order valence-corrected chi connectivity index (χ2v) is 5.69. The van der Waals surface area contributed by atoms with E-state index in [9.17, 15) is 0 Å². The minimum absolute atomic E-state index is 0.166. The Morgan fingerprint density at radius 3 is 2.48 bits per heavy atom. The van der Waals surface area contributed by atoms with Crippen molar-refractivity contribution in [1.29, 1.82) is 0 Å². The number of hydrogen-bond acceptors (Lipinski definition) is 6. The lowest BCUT2D eigenvalue weighted by molar-refractivity contribution is 0.395. The lowest BCUT2D eigenvalue weighted by Crippen LogP contribution is -2.11. The van der Waals surface area contributed by atoms with Crippen LogP contribution in [-0.2, 0) is 12.0 Å². The summed E-state index contributed by atoms with van der Waals surface area (Å²) < 4.78 is 16.1. The van der Waals surface area contributed by atoms with Crippen LogP contribution in [0.3, 0.4) is 0 Å². The van der Waals surface area contributed by atoms with Crippen LogP contribution >= 0.6 is 0 Å². The molecule has 6 heteroatoms. The average molecular weight is 291 g/mol. The van der Waals surface area contributed by atoms with Gasteiger partial charge in [-0.25, -0.2) is 0 Å². The second kappa shape index (κ2) is 6.03. The molecule has 0 fully saturated rings. The van der Waals surface area contributed by atoms with E-state index >= 15 is 0 Å². The van der Waals surface area contributed by atoms with Gasteiger partial charge in [0, 0.05) is 17.5 Å². The van der Waals surface area contributed by atoms with Crippen LogP contribution in [-0.4, -0.2) is 24.4 Å². The molecule has 0 amide bonds. The molecule has 2 aromatic rings. The number of rotatable bonds is 5. The largest absolute Gasteiger partial charge is 0.497 e. The number of nitrogens with one attached hydrogen (secondary N) is 1. The maximum Gasteiger partial charge on any atom is 0.315 e. The third kappa shape index (κ3) is 3.65. The Bertz CT molecular complexity index is 602. The van der Waals surface area contributed by atoms with E-state index in [2.05, 4.69) is 15.5 Å². The zero-order chi connectivity index (χ0) is 15.5. The molecule has 0 unspecified atom stereocenters. The first kappa shape index (κ1) is 15.2. The topological polar surface area (TPSA) is 69.4 Å². The van der Waals surface area contributed by atoms with Crippen LogP contribution in [0.5, 0.6) is 11.5 Å². The number of hydrogen-bond donors (Lipinski definition) is 1. The third-order valence-corrected chi connectivity index (χ3v) is 2.98. The molecule has 0 aliphatic carbocycles. The Balaban J connectivity index is 2.10. The minimum atomic E-state index is -0.166. The van der Waals surface area contributed by atoms with Crippen molar-refractivity contribution in [2.75, 3.05) is 19.5 Å². The van der Waals surface area contributed by atoms with Crippen molar-refractivity contribution in [1.82, 2.24) is 10.2 Å². The van der Waals surface area contributed by atoms with Crippen molar-refractivity contribution >= 4 is 6.01 Å². The van der Waals surface area contributed by atoms with E-state index in [1.165, 1.54) is 0 Å². The Kier molecular flexibility index (Phi) is 4.35. The van der Waals surface area contributed by atoms with Gasteiger partial charge in [-0.3, -0.25) is 0 Å². The summed E-state index contributed by atoms with van der Waals surface area (Å²) in [5, 5.41) is 11.1. The molecule has 2 rings (SSSR count). The molecule has 0 atom stereocenters. The number of nitrogens with zero attached hydrogens (tertiary/aromatic N) is 2. The summed E-state index contributed by atoms with van der Waals surface area (Å²) in [5.41, 5.74) is 0.785. The Hall–Kier alpha value is -2.24. The van der Waals surface area contributed by atoms with E-state index in [0.717, 1.165) is 17.1 Å². The van der Waals surface area contributed by atoms with Gasteiger partial charge in [0.2, 0.25) is 5.89 Å². The van der Waals surface area contributed by atoms with E-state index in [4.69, 9.17) is 13.9 Å². The molecule has 6 nitrogen and oxygen atoms in total. The van der Waals surface area contributed by atoms with E-state index in [1.807, 2.05) is 39.0 Å². The molecule has 1 N–H and O–H groups in total. The molecule has 0 bridgehead atoms. The van der Waals surface area contributed by atoms with Crippen LogP contribution < -0.4 is 14.8 Å². The van der Waals surface area contributed by atoms with E-state index in [0.29, 0.717) is 18.5 Å². The Morgan fingerprint density at radius 1 is 1.14 bits per heavy atom. The van der Waals surface area contributed by atoms with Gasteiger partial charge in [0.05, 0.1) is 14.2 Å². The molecule has 0 aliphatic heterocycles. The summed E-state index contributed by atoms with van der Waals surface area (Å²) in [5.74, 6) is 2.15. The summed E-state index contributed by atoms with van der Waals surface area (Å²) in [6.07, 6.45) is 0. The van der Waals surface area contributed by atoms with Crippen molar-refractivity contribution in [3.05, 3.63) is 29.7 Å². The summed E-state index contributed by atoms with van der Waals surface area (Å²) >= 11 is 0. The van der Waals surface area contributed by atoms with Crippen molar-refractivity contribution in [3.8, 4) is 11.5 Å². The number of methoxy groups -OCH3 is 2. The average Bonchev–Trinajstić information content (AvgIpc) is 2.93. The first-order valence-electron chi connectivity index (χ1n) is 6.73. The standard InChI is InChI=1S/C15H21N3O3/c1-15(2,3)13-17-18-14(21-13)16-9-10-8-11(19-4)6-7-12(10)20-5/h6-8H,9H2,1-5H3,(H,16,18). The lowest BCUT2D eigenvalue weighted by Gasteiger charge is -2.12. The van der Waals surface area contributed by atoms with E-state index in [-0.39, 0.29) is 5.41 Å². The smallest absolute Gasteiger partial charge is 0.315 e. The highest BCUT2D eigenvalue weighted by Crippen LogP contribution is 2.26. The maximum atomic E-state index is 5.59. The van der Waals surface area contributed by atoms with Crippen molar-refractivity contribution in [2.45, 2.75) is 32.7 Å². The SMILES string of the molecule is COc1ccc(OC)c(CNc2nnc(C(C)(C)C)o2)c1. The number of anilines is 1. The zero-order valence-electron chi connectivity index (χ0n) is 13.1. The molecular weight excluding hydrogens is 270 g/mol. The molecule has 0 aliphatic rings. The summed E-state index contributed by atoms with van der Waals surface area (Å²) in [6, 6.07) is 6.02. The summed E-state index contributed by atoms with van der Waals surface area (Å²) in [7, 11) is 3.27. The first-order chi connectivity index (χ1) is 9.94. The van der Waals surface area contributed by atoms with Crippen molar-refractivity contribution in [2.24, 2.45) is 0 Å². The second-order valence-electron chi connectivity index (χ2n) is 5.69. The molecule has 1 heterocycles. The van der Waals surface area contributed by atoms with Gasteiger partial charge < -0.3 is 19.2 Å². The highest BCUT2D eigenvalue weighted by Gasteiger charge is 2.21. The van der Waals surface area contributed by atoms with Crippen molar-refractivity contribution < 1.29 is 13.9 Å². The molecule has 1 aromatic heterocycles. The molecule has 1 aromatic carbocycles. The minimum Gasteiger partial charge on any atom is -0.497 e. The molecule has 0 spiro atoms. The van der Waals surface area contributed by atoms with Crippen LogP contribution in [0.15, 0.2) is 22.6 Å². The fourth-order valence-corrected chi connectivity index (χ4v) is 1.79. The van der Waals surface area contributed by atoms with Crippen molar-refractivity contribution in [3.63, 3.8) is 0 Å². The van der Waals surface area contributed by atoms with E-state index in [1.54, 1.807) is 14.2 Å². The van der Waals surface area contributed by atoms with Gasteiger partial charge in [-0.1, -0.05) is 25.9 Å². The van der Waals surface area contributed by atoms with Crippen LogP contribution in [0.1, 0.15) is 32.2 Å². The van der Waals surface area contributed by atoms with Gasteiger partial charge in [0.25, 0.3) is 0 Å². The molecular formula is C15H21N3O3. The van der Waals surface area contributed by atoms with Crippen LogP contribution in [0.2, 0.25) is 0 Å². The molecule has 114 valence electrons. The fraction of sp³-hybridized carbons (Fsp3) is 0.467. The fourth-order valence-electron chi connectivity index (χ4n) is 1.79. The van der Waals surface area contributed by atoms with Crippen LogP contribution in [0, 0.1) is 0 Å². The molecule has 0 radical (unpaired) electrons. The van der Waals surface area contributed by atoms with Gasteiger partial charge >= 0.3 is 6.01 Å². The highest BCUT2D eigenvalue weighted by atomic mass is 16.5. The predicted molar refractivity (Wildman–Crippen MR) is 79.9 cm³/mol. The van der Waals surface area contributed by atoms with E-state index < -0.39 is 0 Å². The number of ether oxygens (including phenoxy) is 2. The van der Waals surface area contributed by atoms with Gasteiger partial charge in [-0.05, 0) is 18.2 Å². The number of benzene rings is 1. The van der Waals surface area contributed by atoms with Gasteiger partial charge in [-0.15, -0.1) is 5.10 Å². The van der Waals surface area contributed by atoms with Crippen LogP contribution in [0.4, 0.5) is 6.01 Å². The maximum absolute atomic E-state index is 5.59. The van der Waals surface area contributed by atoms with Crippen LogP contribution in [0.25, 0.3) is 0 Å². The van der Waals surface area contributed by atoms with Gasteiger partial charge in [0.15, 0.2) is 0 Å². The molecule has 0 saturated heterocycles. The Labute approximate surface area is 124 Å². The molecule has 21 heavy (non-hydrogen) atoms. The normalized spacial score (nSPS) is 11.3. The lowest BCUT2D eigenvalue weighted by atomic mass is 9.97. The third-order valence-electron chi connectivity index (χ3n) is 2.98. The predicted octanol–water partition coefficient (Wildman–Crippen LogP) is 3.00. The monoisotopic (exact) mass is 291 g/mol. The highest BCUT2D eigenvalue weighted by molar-refractivity contribution is 5.42. The number of aromatic nitrogens is 2. The van der Waals surface area contributed by atoms with Gasteiger partial charge in [0.1, 0.15) is 11.5 Å². The summed E-state index contributed by atoms with van der Waals surface area (Å²) in [6.45, 7) is 6.58. The summed E-state index contributed by atoms with van der Waals surface area (Å²) in [4.78, 5) is 0. The first-order valence-corrected chi connectivity index (χ1v) is 6.73. The quantitative estimate of drug-likeness (QED) is 0.913. The molecule has 0 saturated carbocycles.